The lowest BCUT2D eigenvalue weighted by molar-refractivity contribution is -0.0250. The van der Waals surface area contributed by atoms with Gasteiger partial charge in [-0.3, -0.25) is 9.69 Å². The van der Waals surface area contributed by atoms with Gasteiger partial charge in [0, 0.05) is 36.8 Å². The van der Waals surface area contributed by atoms with Crippen molar-refractivity contribution in [2.75, 3.05) is 36.0 Å². The van der Waals surface area contributed by atoms with Gasteiger partial charge in [0.05, 0.1) is 29.5 Å². The number of nitrogens with zero attached hydrogens (tertiary/aromatic N) is 3. The predicted octanol–water partition coefficient (Wildman–Crippen LogP) is 7.39. The summed E-state index contributed by atoms with van der Waals surface area (Å²) in [4.78, 5) is 42.6. The first-order valence-electron chi connectivity index (χ1n) is 19.0. The van der Waals surface area contributed by atoms with Gasteiger partial charge < -0.3 is 33.2 Å². The van der Waals surface area contributed by atoms with Crippen molar-refractivity contribution in [3.63, 3.8) is 0 Å². The average molecular weight is 789 g/mol. The first kappa shape index (κ1) is 39.4. The molecule has 7 rings (SSSR count). The van der Waals surface area contributed by atoms with Gasteiger partial charge in [0.15, 0.2) is 11.6 Å². The maximum Gasteiger partial charge on any atom is 0.414 e. The molecule has 2 aliphatic heterocycles. The van der Waals surface area contributed by atoms with Gasteiger partial charge >= 0.3 is 12.1 Å². The summed E-state index contributed by atoms with van der Waals surface area (Å²) in [5.41, 5.74) is -0.421. The van der Waals surface area contributed by atoms with Crippen molar-refractivity contribution in [1.29, 1.82) is 0 Å². The molecule has 297 valence electrons. The Balaban J connectivity index is 0.998. The van der Waals surface area contributed by atoms with Gasteiger partial charge in [0.25, 0.3) is 0 Å². The molecule has 2 saturated heterocycles. The standard InChI is InChI=1S/C42H48F2N3O8Si/c1-41(2,3)38(55-56(4)5)36-23-47(40(50)54-36)28-13-14-35(32(44)19-28)53-25-42(51)15-17-45(18-16-42)34-21-33-29(20-31(34)43)37(48)30(22-46(33)27-11-12-27)39(49)52-24-26-9-7-6-8-10-26/h6-10,13-14,19-22,27,36,38,51H,11-12,15-18,23-25H2,1-5H3. The SMILES string of the molecule is C[Si](C)OC(C1CN(c2ccc(OCC3(O)CCN(c4cc5c(cc4F)c(=O)c(C(=O)OCc4ccccc4)cn5C4CC4)CC3)c(F)c2)C(=O)O1)C(C)(C)C. The summed E-state index contributed by atoms with van der Waals surface area (Å²) in [6.45, 7) is 10.7. The van der Waals surface area contributed by atoms with Crippen LogP contribution in [0.1, 0.15) is 68.4 Å². The summed E-state index contributed by atoms with van der Waals surface area (Å²) in [6.07, 6.45) is 2.26. The fourth-order valence-corrected chi connectivity index (χ4v) is 8.43. The minimum atomic E-state index is -1.31. The molecule has 2 atom stereocenters. The van der Waals surface area contributed by atoms with Gasteiger partial charge in [0.1, 0.15) is 36.3 Å². The second kappa shape index (κ2) is 15.6. The number of esters is 1. The van der Waals surface area contributed by atoms with Gasteiger partial charge in [-0.2, -0.15) is 0 Å². The van der Waals surface area contributed by atoms with Crippen molar-refractivity contribution in [3.05, 3.63) is 99.8 Å². The van der Waals surface area contributed by atoms with Crippen molar-refractivity contribution in [3.8, 4) is 5.75 Å². The van der Waals surface area contributed by atoms with Crippen molar-refractivity contribution >= 4 is 43.4 Å². The Hall–Kier alpha value is -4.79. The topological polar surface area (TPSA) is 120 Å². The third-order valence-corrected chi connectivity index (χ3v) is 11.3. The highest BCUT2D eigenvalue weighted by atomic mass is 28.3. The molecule has 0 spiro atoms. The monoisotopic (exact) mass is 788 g/mol. The molecule has 3 fully saturated rings. The summed E-state index contributed by atoms with van der Waals surface area (Å²) in [6, 6.07) is 16.3. The minimum Gasteiger partial charge on any atom is -0.488 e. The zero-order chi connectivity index (χ0) is 39.9. The van der Waals surface area contributed by atoms with Gasteiger partial charge in [-0.05, 0) is 74.0 Å². The second-order valence-electron chi connectivity index (χ2n) is 16.4. The van der Waals surface area contributed by atoms with Crippen molar-refractivity contribution < 1.29 is 42.1 Å². The number of carbonyl (C=O) groups is 2. The Morgan fingerprint density at radius 2 is 1.73 bits per heavy atom. The Labute approximate surface area is 326 Å². The van der Waals surface area contributed by atoms with E-state index >= 15 is 8.78 Å². The van der Waals surface area contributed by atoms with Crippen molar-refractivity contribution in [2.24, 2.45) is 5.41 Å². The van der Waals surface area contributed by atoms with Crippen molar-refractivity contribution in [1.82, 2.24) is 4.57 Å². The number of benzene rings is 3. The highest BCUT2D eigenvalue weighted by Crippen LogP contribution is 2.39. The number of carbonyl (C=O) groups excluding carboxylic acids is 2. The molecule has 2 unspecified atom stereocenters. The number of piperidine rings is 1. The van der Waals surface area contributed by atoms with Crippen LogP contribution in [0.5, 0.6) is 5.75 Å². The lowest BCUT2D eigenvalue weighted by Gasteiger charge is -2.39. The number of hydrogen-bond donors (Lipinski definition) is 1. The predicted molar refractivity (Wildman–Crippen MR) is 210 cm³/mol. The van der Waals surface area contributed by atoms with Crippen LogP contribution in [0.4, 0.5) is 25.0 Å². The number of anilines is 2. The zero-order valence-corrected chi connectivity index (χ0v) is 33.3. The molecule has 0 bridgehead atoms. The van der Waals surface area contributed by atoms with E-state index in [2.05, 4.69) is 0 Å². The zero-order valence-electron chi connectivity index (χ0n) is 32.3. The lowest BCUT2D eigenvalue weighted by Crippen LogP contribution is -2.48. The van der Waals surface area contributed by atoms with E-state index in [0.29, 0.717) is 11.2 Å². The smallest absolute Gasteiger partial charge is 0.414 e. The normalized spacial score (nSPS) is 19.0. The number of fused-ring (bicyclic) bond motifs is 1. The quantitative estimate of drug-likeness (QED) is 0.116. The Kier molecular flexibility index (Phi) is 11.0. The van der Waals surface area contributed by atoms with Crippen LogP contribution in [0.3, 0.4) is 0 Å². The highest BCUT2D eigenvalue weighted by Gasteiger charge is 2.43. The third kappa shape index (κ3) is 8.47. The van der Waals surface area contributed by atoms with E-state index in [1.807, 2.05) is 73.7 Å². The van der Waals surface area contributed by atoms with Crippen LogP contribution in [0.25, 0.3) is 10.9 Å². The number of hydrogen-bond acceptors (Lipinski definition) is 9. The fourth-order valence-electron chi connectivity index (χ4n) is 7.41. The Bertz CT molecular complexity index is 2160. The molecule has 1 N–H and O–H groups in total. The summed E-state index contributed by atoms with van der Waals surface area (Å²) >= 11 is 0. The molecule has 1 saturated carbocycles. The number of amides is 1. The maximum atomic E-state index is 15.8. The summed E-state index contributed by atoms with van der Waals surface area (Å²) in [7, 11) is -1.08. The van der Waals surface area contributed by atoms with Crippen LogP contribution in [0.15, 0.2) is 71.7 Å². The number of ether oxygens (including phenoxy) is 3. The first-order valence-corrected chi connectivity index (χ1v) is 21.5. The van der Waals surface area contributed by atoms with Crippen LogP contribution in [0, 0.1) is 17.0 Å². The van der Waals surface area contributed by atoms with E-state index in [9.17, 15) is 19.5 Å². The number of halogens is 2. The van der Waals surface area contributed by atoms with Crippen LogP contribution >= 0.6 is 0 Å². The number of pyridine rings is 1. The van der Waals surface area contributed by atoms with Gasteiger partial charge in [0.2, 0.25) is 14.5 Å². The first-order chi connectivity index (χ1) is 26.6. The molecule has 1 amide bonds. The second-order valence-corrected chi connectivity index (χ2v) is 18.4. The van der Waals surface area contributed by atoms with E-state index < -0.39 is 49.9 Å². The van der Waals surface area contributed by atoms with Crippen molar-refractivity contribution in [2.45, 2.75) is 90.0 Å². The number of cyclic esters (lactones) is 1. The van der Waals surface area contributed by atoms with E-state index in [-0.39, 0.29) is 85.6 Å². The number of aromatic nitrogens is 1. The van der Waals surface area contributed by atoms with E-state index in [4.69, 9.17) is 18.6 Å². The van der Waals surface area contributed by atoms with Crippen LogP contribution in [-0.4, -0.2) is 74.8 Å². The largest absolute Gasteiger partial charge is 0.488 e. The molecular formula is C42H48F2N3O8Si. The Morgan fingerprint density at radius 1 is 1.02 bits per heavy atom. The molecule has 1 radical (unpaired) electrons. The minimum absolute atomic E-state index is 0.00675. The number of rotatable bonds is 12. The fraction of sp³-hybridized carbons (Fsp3) is 0.452. The maximum absolute atomic E-state index is 15.8. The average Bonchev–Trinajstić information content (AvgIpc) is 3.93. The molecule has 1 aliphatic carbocycles. The molecule has 56 heavy (non-hydrogen) atoms. The lowest BCUT2D eigenvalue weighted by atomic mass is 9.86. The van der Waals surface area contributed by atoms with Gasteiger partial charge in [-0.15, -0.1) is 0 Å². The molecule has 1 aromatic heterocycles. The van der Waals surface area contributed by atoms with Gasteiger partial charge in [-0.1, -0.05) is 51.1 Å². The van der Waals surface area contributed by atoms with E-state index in [1.54, 1.807) is 12.1 Å². The molecule has 3 aliphatic rings. The Morgan fingerprint density at radius 3 is 2.38 bits per heavy atom. The summed E-state index contributed by atoms with van der Waals surface area (Å²) in [5, 5.41) is 11.5. The molecule has 4 aromatic rings. The summed E-state index contributed by atoms with van der Waals surface area (Å²) in [5.74, 6) is -2.15. The molecule has 14 heteroatoms. The van der Waals surface area contributed by atoms with Crippen LogP contribution in [0.2, 0.25) is 13.1 Å². The highest BCUT2D eigenvalue weighted by molar-refractivity contribution is 6.48. The molecular weight excluding hydrogens is 741 g/mol. The molecule has 3 aromatic carbocycles. The third-order valence-electron chi connectivity index (χ3n) is 10.6. The van der Waals surface area contributed by atoms with E-state index in [0.717, 1.165) is 18.4 Å². The van der Waals surface area contributed by atoms with Crippen LogP contribution < -0.4 is 20.0 Å². The molecule has 3 heterocycles. The number of aliphatic hydroxyl groups is 1. The molecule has 11 nitrogen and oxygen atoms in total. The van der Waals surface area contributed by atoms with E-state index in [1.165, 1.54) is 29.3 Å². The summed E-state index contributed by atoms with van der Waals surface area (Å²) < 4.78 is 56.2. The van der Waals surface area contributed by atoms with Crippen LogP contribution in [-0.2, 0) is 20.5 Å². The van der Waals surface area contributed by atoms with Gasteiger partial charge in [-0.25, -0.2) is 18.4 Å².